The zero-order valence-electron chi connectivity index (χ0n) is 9.03. The van der Waals surface area contributed by atoms with Gasteiger partial charge in [0.1, 0.15) is 5.75 Å². The van der Waals surface area contributed by atoms with Gasteiger partial charge < -0.3 is 10.5 Å². The van der Waals surface area contributed by atoms with Gasteiger partial charge in [-0.1, -0.05) is 15.9 Å². The van der Waals surface area contributed by atoms with Gasteiger partial charge in [0.2, 0.25) is 0 Å². The van der Waals surface area contributed by atoms with Crippen molar-refractivity contribution in [3.8, 4) is 11.8 Å². The Morgan fingerprint density at radius 3 is 2.75 bits per heavy atom. The van der Waals surface area contributed by atoms with Crippen LogP contribution in [0.5, 0.6) is 5.75 Å². The van der Waals surface area contributed by atoms with E-state index in [1.165, 1.54) is 0 Å². The SMILES string of the molecule is COc1ccc(Br)cc1C(N)C1(C#N)CC1. The maximum atomic E-state index is 9.14. The molecule has 4 heteroatoms. The lowest BCUT2D eigenvalue weighted by atomic mass is 9.91. The van der Waals surface area contributed by atoms with Gasteiger partial charge in [-0.25, -0.2) is 0 Å². The van der Waals surface area contributed by atoms with Gasteiger partial charge >= 0.3 is 0 Å². The van der Waals surface area contributed by atoms with Crippen LogP contribution in [0.2, 0.25) is 0 Å². The Bertz CT molecular complexity index is 449. The zero-order chi connectivity index (χ0) is 11.8. The van der Waals surface area contributed by atoms with Gasteiger partial charge in [0.15, 0.2) is 0 Å². The molecule has 1 atom stereocenters. The second kappa shape index (κ2) is 4.08. The number of nitrogens with two attached hydrogens (primary N) is 1. The second-order valence-corrected chi connectivity index (χ2v) is 5.05. The Hall–Kier alpha value is -1.05. The van der Waals surface area contributed by atoms with E-state index in [2.05, 4.69) is 22.0 Å². The van der Waals surface area contributed by atoms with Gasteiger partial charge in [-0.05, 0) is 31.0 Å². The number of hydrogen-bond donors (Lipinski definition) is 1. The maximum absolute atomic E-state index is 9.14. The van der Waals surface area contributed by atoms with Crippen LogP contribution in [0.1, 0.15) is 24.4 Å². The van der Waals surface area contributed by atoms with Crippen LogP contribution in [-0.2, 0) is 0 Å². The van der Waals surface area contributed by atoms with Crippen molar-refractivity contribution in [2.45, 2.75) is 18.9 Å². The maximum Gasteiger partial charge on any atom is 0.123 e. The molecule has 0 aliphatic heterocycles. The Labute approximate surface area is 103 Å². The summed E-state index contributed by atoms with van der Waals surface area (Å²) in [5.41, 5.74) is 6.69. The van der Waals surface area contributed by atoms with E-state index < -0.39 is 0 Å². The summed E-state index contributed by atoms with van der Waals surface area (Å²) in [6, 6.07) is 7.76. The summed E-state index contributed by atoms with van der Waals surface area (Å²) in [6.45, 7) is 0. The number of hydrogen-bond acceptors (Lipinski definition) is 3. The molecule has 2 N–H and O–H groups in total. The van der Waals surface area contributed by atoms with Crippen LogP contribution in [0.4, 0.5) is 0 Å². The molecule has 1 aliphatic rings. The summed E-state index contributed by atoms with van der Waals surface area (Å²) < 4.78 is 6.23. The van der Waals surface area contributed by atoms with Crippen molar-refractivity contribution < 1.29 is 4.74 Å². The van der Waals surface area contributed by atoms with E-state index in [9.17, 15) is 0 Å². The highest BCUT2D eigenvalue weighted by Crippen LogP contribution is 2.54. The van der Waals surface area contributed by atoms with Crippen molar-refractivity contribution in [1.29, 1.82) is 5.26 Å². The quantitative estimate of drug-likeness (QED) is 0.926. The summed E-state index contributed by atoms with van der Waals surface area (Å²) in [5, 5.41) is 9.14. The van der Waals surface area contributed by atoms with Crippen molar-refractivity contribution in [3.63, 3.8) is 0 Å². The van der Waals surface area contributed by atoms with E-state index in [1.54, 1.807) is 7.11 Å². The molecule has 0 amide bonds. The number of rotatable bonds is 3. The van der Waals surface area contributed by atoms with Crippen LogP contribution in [0, 0.1) is 16.7 Å². The molecule has 84 valence electrons. The Balaban J connectivity index is 2.40. The third-order valence-corrected chi connectivity index (χ3v) is 3.63. The topological polar surface area (TPSA) is 59.0 Å². The van der Waals surface area contributed by atoms with Gasteiger partial charge in [-0.2, -0.15) is 5.26 Å². The third-order valence-electron chi connectivity index (χ3n) is 3.13. The van der Waals surface area contributed by atoms with Crippen LogP contribution < -0.4 is 10.5 Å². The largest absolute Gasteiger partial charge is 0.496 e. The molecule has 0 bridgehead atoms. The van der Waals surface area contributed by atoms with Gasteiger partial charge in [-0.15, -0.1) is 0 Å². The van der Waals surface area contributed by atoms with Crippen molar-refractivity contribution in [2.24, 2.45) is 11.1 Å². The number of nitrogens with zero attached hydrogens (tertiary/aromatic N) is 1. The first kappa shape index (κ1) is 11.4. The molecule has 1 fully saturated rings. The first-order valence-corrected chi connectivity index (χ1v) is 5.92. The minimum absolute atomic E-state index is 0.273. The minimum atomic E-state index is -0.381. The highest BCUT2D eigenvalue weighted by atomic mass is 79.9. The summed E-state index contributed by atoms with van der Waals surface area (Å²) in [7, 11) is 1.62. The molecule has 0 radical (unpaired) electrons. The number of ether oxygens (including phenoxy) is 1. The third kappa shape index (κ3) is 1.81. The fraction of sp³-hybridized carbons (Fsp3) is 0.417. The molecule has 1 aliphatic carbocycles. The Kier molecular flexibility index (Phi) is 2.92. The molecule has 3 nitrogen and oxygen atoms in total. The summed E-state index contributed by atoms with van der Waals surface area (Å²) in [5.74, 6) is 0.747. The highest BCUT2D eigenvalue weighted by molar-refractivity contribution is 9.10. The monoisotopic (exact) mass is 280 g/mol. The smallest absolute Gasteiger partial charge is 0.123 e. The lowest BCUT2D eigenvalue weighted by molar-refractivity contribution is 0.396. The van der Waals surface area contributed by atoms with Crippen LogP contribution >= 0.6 is 15.9 Å². The minimum Gasteiger partial charge on any atom is -0.496 e. The van der Waals surface area contributed by atoms with E-state index >= 15 is 0 Å². The number of halogens is 1. The van der Waals surface area contributed by atoms with Crippen LogP contribution in [0.15, 0.2) is 22.7 Å². The fourth-order valence-electron chi connectivity index (χ4n) is 1.87. The van der Waals surface area contributed by atoms with Crippen molar-refractivity contribution in [1.82, 2.24) is 0 Å². The molecule has 2 rings (SSSR count). The van der Waals surface area contributed by atoms with Gasteiger partial charge in [0.25, 0.3) is 0 Å². The molecule has 0 spiro atoms. The lowest BCUT2D eigenvalue weighted by Gasteiger charge is -2.19. The normalized spacial score (nSPS) is 18.6. The predicted molar refractivity (Wildman–Crippen MR) is 64.9 cm³/mol. The van der Waals surface area contributed by atoms with Crippen LogP contribution in [-0.4, -0.2) is 7.11 Å². The molecule has 0 saturated heterocycles. The zero-order valence-corrected chi connectivity index (χ0v) is 10.6. The molecule has 0 heterocycles. The summed E-state index contributed by atoms with van der Waals surface area (Å²) in [6.07, 6.45) is 1.75. The predicted octanol–water partition coefficient (Wildman–Crippen LogP) is 2.76. The first-order valence-electron chi connectivity index (χ1n) is 5.13. The molecular formula is C12H13BrN2O. The lowest BCUT2D eigenvalue weighted by Crippen LogP contribution is -2.22. The van der Waals surface area contributed by atoms with Gasteiger partial charge in [0, 0.05) is 10.0 Å². The highest BCUT2D eigenvalue weighted by Gasteiger charge is 2.49. The average Bonchev–Trinajstić information content (AvgIpc) is 3.09. The fourth-order valence-corrected chi connectivity index (χ4v) is 2.25. The number of benzene rings is 1. The van der Waals surface area contributed by atoms with E-state index in [1.807, 2.05) is 18.2 Å². The molecule has 1 aromatic rings. The Morgan fingerprint density at radius 2 is 2.25 bits per heavy atom. The van der Waals surface area contributed by atoms with E-state index in [4.69, 9.17) is 15.7 Å². The molecule has 1 unspecified atom stereocenters. The standard InChI is InChI=1S/C12H13BrN2O/c1-16-10-3-2-8(13)6-9(10)11(15)12(7-14)4-5-12/h2-3,6,11H,4-5,15H2,1H3. The van der Waals surface area contributed by atoms with E-state index in [0.717, 1.165) is 28.6 Å². The first-order chi connectivity index (χ1) is 7.63. The van der Waals surface area contributed by atoms with Gasteiger partial charge in [-0.3, -0.25) is 0 Å². The van der Waals surface area contributed by atoms with E-state index in [-0.39, 0.29) is 11.5 Å². The van der Waals surface area contributed by atoms with Crippen molar-refractivity contribution >= 4 is 15.9 Å². The van der Waals surface area contributed by atoms with Gasteiger partial charge in [0.05, 0.1) is 24.6 Å². The Morgan fingerprint density at radius 1 is 1.56 bits per heavy atom. The second-order valence-electron chi connectivity index (χ2n) is 4.13. The number of nitriles is 1. The molecule has 16 heavy (non-hydrogen) atoms. The molecular weight excluding hydrogens is 268 g/mol. The van der Waals surface area contributed by atoms with E-state index in [0.29, 0.717) is 0 Å². The summed E-state index contributed by atoms with van der Waals surface area (Å²) >= 11 is 3.41. The molecule has 0 aromatic heterocycles. The van der Waals surface area contributed by atoms with Crippen molar-refractivity contribution in [2.75, 3.05) is 7.11 Å². The summed E-state index contributed by atoms with van der Waals surface area (Å²) in [4.78, 5) is 0. The van der Waals surface area contributed by atoms with Crippen LogP contribution in [0.25, 0.3) is 0 Å². The molecule has 1 aromatic carbocycles. The number of methoxy groups -OCH3 is 1. The average molecular weight is 281 g/mol. The van der Waals surface area contributed by atoms with Crippen LogP contribution in [0.3, 0.4) is 0 Å². The van der Waals surface area contributed by atoms with Crippen molar-refractivity contribution in [3.05, 3.63) is 28.2 Å². The molecule has 1 saturated carbocycles.